The third kappa shape index (κ3) is 4.14. The van der Waals surface area contributed by atoms with Crippen molar-refractivity contribution in [3.05, 3.63) is 65.5 Å². The van der Waals surface area contributed by atoms with Crippen molar-refractivity contribution in [2.75, 3.05) is 26.2 Å². The zero-order valence-electron chi connectivity index (χ0n) is 16.6. The van der Waals surface area contributed by atoms with Crippen molar-refractivity contribution in [2.45, 2.75) is 19.9 Å². The number of aliphatic hydroxyl groups excluding tert-OH is 1. The molecule has 7 nitrogen and oxygen atoms in total. The predicted octanol–water partition coefficient (Wildman–Crippen LogP) is 2.55. The molecular formula is C22H25N3O4. The molecule has 7 heteroatoms. The molecule has 1 atom stereocenters. The molecule has 2 aromatic rings. The van der Waals surface area contributed by atoms with Crippen LogP contribution in [0.5, 0.6) is 5.75 Å². The standard InChI is InChI=1S/C22H25N3O4/c1-3-24(4-2)13-14-25-19(15-5-7-17(26)8-6-15)18(21(28)22(25)29)20(27)16-9-11-23-12-10-16/h5-12,19,26-27H,3-4,13-14H2,1-2H3. The lowest BCUT2D eigenvalue weighted by atomic mass is 9.95. The summed E-state index contributed by atoms with van der Waals surface area (Å²) in [5.41, 5.74) is 1.12. The highest BCUT2D eigenvalue weighted by Gasteiger charge is 2.45. The van der Waals surface area contributed by atoms with Gasteiger partial charge in [0.25, 0.3) is 11.7 Å². The molecule has 1 saturated heterocycles. The van der Waals surface area contributed by atoms with Crippen molar-refractivity contribution in [1.29, 1.82) is 0 Å². The average molecular weight is 395 g/mol. The van der Waals surface area contributed by atoms with Gasteiger partial charge in [-0.25, -0.2) is 0 Å². The Balaban J connectivity index is 2.07. The maximum Gasteiger partial charge on any atom is 0.295 e. The van der Waals surface area contributed by atoms with Gasteiger partial charge >= 0.3 is 0 Å². The van der Waals surface area contributed by atoms with E-state index in [-0.39, 0.29) is 17.1 Å². The van der Waals surface area contributed by atoms with E-state index in [1.54, 1.807) is 24.3 Å². The molecule has 0 radical (unpaired) electrons. The predicted molar refractivity (Wildman–Crippen MR) is 109 cm³/mol. The van der Waals surface area contributed by atoms with Gasteiger partial charge in [0.15, 0.2) is 0 Å². The Morgan fingerprint density at radius 1 is 1.07 bits per heavy atom. The Kier molecular flexibility index (Phi) is 6.29. The molecule has 29 heavy (non-hydrogen) atoms. The van der Waals surface area contributed by atoms with Crippen molar-refractivity contribution in [2.24, 2.45) is 0 Å². The normalized spacial score (nSPS) is 18.6. The summed E-state index contributed by atoms with van der Waals surface area (Å²) < 4.78 is 0. The Labute approximate surface area is 169 Å². The first-order valence-electron chi connectivity index (χ1n) is 9.68. The van der Waals surface area contributed by atoms with Gasteiger partial charge in [-0.3, -0.25) is 14.6 Å². The molecule has 2 heterocycles. The highest BCUT2D eigenvalue weighted by Crippen LogP contribution is 2.39. The van der Waals surface area contributed by atoms with Crippen LogP contribution in [0, 0.1) is 0 Å². The van der Waals surface area contributed by atoms with E-state index in [2.05, 4.69) is 9.88 Å². The third-order valence-electron chi connectivity index (χ3n) is 5.25. The van der Waals surface area contributed by atoms with E-state index >= 15 is 0 Å². The average Bonchev–Trinajstić information content (AvgIpc) is 3.00. The van der Waals surface area contributed by atoms with Crippen LogP contribution in [0.3, 0.4) is 0 Å². The van der Waals surface area contributed by atoms with Crippen molar-refractivity contribution in [3.63, 3.8) is 0 Å². The van der Waals surface area contributed by atoms with Gasteiger partial charge in [0, 0.05) is 31.0 Å². The number of pyridine rings is 1. The van der Waals surface area contributed by atoms with E-state index in [9.17, 15) is 19.8 Å². The second-order valence-electron chi connectivity index (χ2n) is 6.85. The summed E-state index contributed by atoms with van der Waals surface area (Å²) in [7, 11) is 0. The molecule has 1 aromatic heterocycles. The van der Waals surface area contributed by atoms with Gasteiger partial charge in [-0.1, -0.05) is 26.0 Å². The molecular weight excluding hydrogens is 370 g/mol. The van der Waals surface area contributed by atoms with Gasteiger partial charge < -0.3 is 20.0 Å². The molecule has 0 spiro atoms. The largest absolute Gasteiger partial charge is 0.508 e. The minimum absolute atomic E-state index is 0.0476. The molecule has 3 rings (SSSR count). The van der Waals surface area contributed by atoms with Crippen LogP contribution in [0.1, 0.15) is 31.0 Å². The molecule has 0 bridgehead atoms. The van der Waals surface area contributed by atoms with E-state index in [0.717, 1.165) is 13.1 Å². The van der Waals surface area contributed by atoms with Gasteiger partial charge in [-0.15, -0.1) is 0 Å². The molecule has 1 aliphatic heterocycles. The van der Waals surface area contributed by atoms with Crippen LogP contribution in [0.15, 0.2) is 54.4 Å². The number of likely N-dealkylation sites (tertiary alicyclic amines) is 1. The van der Waals surface area contributed by atoms with Crippen LogP contribution in [-0.2, 0) is 9.59 Å². The SMILES string of the molecule is CCN(CC)CCN1C(=O)C(=O)C(=C(O)c2ccncc2)C1c1ccc(O)cc1. The first kappa shape index (κ1) is 20.5. The maximum absolute atomic E-state index is 12.9. The monoisotopic (exact) mass is 395 g/mol. The van der Waals surface area contributed by atoms with Crippen LogP contribution < -0.4 is 0 Å². The molecule has 1 aliphatic rings. The van der Waals surface area contributed by atoms with Crippen molar-refractivity contribution in [3.8, 4) is 5.75 Å². The lowest BCUT2D eigenvalue weighted by Crippen LogP contribution is -2.38. The van der Waals surface area contributed by atoms with Crippen molar-refractivity contribution >= 4 is 17.4 Å². The van der Waals surface area contributed by atoms with Gasteiger partial charge in [0.1, 0.15) is 11.5 Å². The topological polar surface area (TPSA) is 94.0 Å². The van der Waals surface area contributed by atoms with Crippen LogP contribution in [0.25, 0.3) is 5.76 Å². The summed E-state index contributed by atoms with van der Waals surface area (Å²) in [5.74, 6) is -1.49. The fourth-order valence-corrected chi connectivity index (χ4v) is 3.57. The van der Waals surface area contributed by atoms with E-state index < -0.39 is 17.7 Å². The molecule has 1 fully saturated rings. The highest BCUT2D eigenvalue weighted by molar-refractivity contribution is 6.46. The minimum Gasteiger partial charge on any atom is -0.508 e. The first-order valence-corrected chi connectivity index (χ1v) is 9.68. The van der Waals surface area contributed by atoms with Crippen LogP contribution >= 0.6 is 0 Å². The zero-order chi connectivity index (χ0) is 21.0. The number of phenolic OH excluding ortho intramolecular Hbond substituents is 1. The lowest BCUT2D eigenvalue weighted by Gasteiger charge is -2.28. The Hall–Kier alpha value is -3.19. The highest BCUT2D eigenvalue weighted by atomic mass is 16.3. The Morgan fingerprint density at radius 2 is 1.69 bits per heavy atom. The third-order valence-corrected chi connectivity index (χ3v) is 5.25. The quantitative estimate of drug-likeness (QED) is 0.425. The molecule has 0 aliphatic carbocycles. The number of carbonyl (C=O) groups excluding carboxylic acids is 2. The van der Waals surface area contributed by atoms with Crippen molar-refractivity contribution < 1.29 is 19.8 Å². The number of likely N-dealkylation sites (N-methyl/N-ethyl adjacent to an activating group) is 1. The summed E-state index contributed by atoms with van der Waals surface area (Å²) in [5, 5.41) is 20.5. The van der Waals surface area contributed by atoms with Crippen LogP contribution in [0.2, 0.25) is 0 Å². The summed E-state index contributed by atoms with van der Waals surface area (Å²) in [6, 6.07) is 8.79. The lowest BCUT2D eigenvalue weighted by molar-refractivity contribution is -0.140. The van der Waals surface area contributed by atoms with E-state index in [0.29, 0.717) is 24.2 Å². The van der Waals surface area contributed by atoms with Crippen LogP contribution in [-0.4, -0.2) is 62.9 Å². The summed E-state index contributed by atoms with van der Waals surface area (Å²) in [4.78, 5) is 33.3. The number of ketones is 1. The van der Waals surface area contributed by atoms with Gasteiger partial charge in [0.2, 0.25) is 0 Å². The molecule has 1 unspecified atom stereocenters. The molecule has 0 saturated carbocycles. The second kappa shape index (κ2) is 8.87. The van der Waals surface area contributed by atoms with Gasteiger partial charge in [-0.05, 0) is 42.9 Å². The fourth-order valence-electron chi connectivity index (χ4n) is 3.57. The number of rotatable bonds is 7. The zero-order valence-corrected chi connectivity index (χ0v) is 16.6. The number of Topliss-reactive ketones (excluding diaryl/α,β-unsaturated/α-hetero) is 1. The number of aliphatic hydroxyl groups is 1. The minimum atomic E-state index is -0.723. The number of aromatic nitrogens is 1. The van der Waals surface area contributed by atoms with Crippen molar-refractivity contribution in [1.82, 2.24) is 14.8 Å². The van der Waals surface area contributed by atoms with Gasteiger partial charge in [0.05, 0.1) is 11.6 Å². The van der Waals surface area contributed by atoms with E-state index in [1.807, 2.05) is 13.8 Å². The number of hydrogen-bond donors (Lipinski definition) is 2. The number of carbonyl (C=O) groups is 2. The van der Waals surface area contributed by atoms with E-state index in [4.69, 9.17) is 0 Å². The van der Waals surface area contributed by atoms with E-state index in [1.165, 1.54) is 29.4 Å². The smallest absolute Gasteiger partial charge is 0.295 e. The number of amides is 1. The van der Waals surface area contributed by atoms with Crippen LogP contribution in [0.4, 0.5) is 0 Å². The molecule has 1 amide bonds. The summed E-state index contributed by atoms with van der Waals surface area (Å²) in [6.07, 6.45) is 3.03. The fraction of sp³-hybridized carbons (Fsp3) is 0.318. The van der Waals surface area contributed by atoms with Gasteiger partial charge in [-0.2, -0.15) is 0 Å². The maximum atomic E-state index is 12.9. The first-order chi connectivity index (χ1) is 14.0. The molecule has 2 N–H and O–H groups in total. The number of hydrogen-bond acceptors (Lipinski definition) is 6. The summed E-state index contributed by atoms with van der Waals surface area (Å²) in [6.45, 7) is 6.72. The number of phenols is 1. The Bertz CT molecular complexity index is 905. The number of benzene rings is 1. The second-order valence-corrected chi connectivity index (χ2v) is 6.85. The molecule has 152 valence electrons. The Morgan fingerprint density at radius 3 is 2.28 bits per heavy atom. The number of aromatic hydroxyl groups is 1. The number of nitrogens with zero attached hydrogens (tertiary/aromatic N) is 3. The summed E-state index contributed by atoms with van der Waals surface area (Å²) >= 11 is 0. The molecule has 1 aromatic carbocycles.